The van der Waals surface area contributed by atoms with Crippen molar-refractivity contribution in [2.24, 2.45) is 5.92 Å². The number of hydrogen-bond donors (Lipinski definition) is 0. The molecule has 1 saturated heterocycles. The Hall–Kier alpha value is -2.74. The Labute approximate surface area is 162 Å². The molecular weight excluding hydrogens is 366 g/mol. The molecular formula is C20H23NO7. The van der Waals surface area contributed by atoms with Gasteiger partial charge in [-0.2, -0.15) is 0 Å². The van der Waals surface area contributed by atoms with Crippen LogP contribution in [0, 0.1) is 5.92 Å². The van der Waals surface area contributed by atoms with Crippen LogP contribution in [0.4, 0.5) is 0 Å². The van der Waals surface area contributed by atoms with Gasteiger partial charge in [0.05, 0.1) is 17.2 Å². The summed E-state index contributed by atoms with van der Waals surface area (Å²) in [5.74, 6) is -2.58. The second kappa shape index (κ2) is 7.71. The first-order valence-corrected chi connectivity index (χ1v) is 9.23. The summed E-state index contributed by atoms with van der Waals surface area (Å²) in [4.78, 5) is 50.4. The zero-order chi connectivity index (χ0) is 20.6. The Morgan fingerprint density at radius 1 is 1.04 bits per heavy atom. The van der Waals surface area contributed by atoms with Crippen molar-refractivity contribution in [2.75, 3.05) is 0 Å². The van der Waals surface area contributed by atoms with Crippen molar-refractivity contribution in [1.82, 2.24) is 4.90 Å². The van der Waals surface area contributed by atoms with Crippen molar-refractivity contribution in [1.29, 1.82) is 0 Å². The number of fused-ring (bicyclic) bond motifs is 1. The minimum Gasteiger partial charge on any atom is -0.460 e. The molecule has 0 bridgehead atoms. The zero-order valence-electron chi connectivity index (χ0n) is 16.2. The van der Waals surface area contributed by atoms with Crippen LogP contribution in [0.3, 0.4) is 0 Å². The van der Waals surface area contributed by atoms with E-state index in [1.807, 2.05) is 13.8 Å². The number of imide groups is 1. The third-order valence-corrected chi connectivity index (χ3v) is 5.14. The van der Waals surface area contributed by atoms with E-state index in [2.05, 4.69) is 0 Å². The normalized spacial score (nSPS) is 29.4. The topological polar surface area (TPSA) is 99.2 Å². The van der Waals surface area contributed by atoms with E-state index in [1.54, 1.807) is 24.3 Å². The van der Waals surface area contributed by atoms with Crippen LogP contribution in [-0.2, 0) is 23.8 Å². The molecule has 0 N–H and O–H groups in total. The van der Waals surface area contributed by atoms with Gasteiger partial charge in [-0.05, 0) is 18.6 Å². The number of rotatable bonds is 4. The van der Waals surface area contributed by atoms with Gasteiger partial charge in [0, 0.05) is 19.8 Å². The first kappa shape index (κ1) is 20.0. The average Bonchev–Trinajstić information content (AvgIpc) is 2.88. The fourth-order valence-corrected chi connectivity index (χ4v) is 3.90. The summed E-state index contributed by atoms with van der Waals surface area (Å²) < 4.78 is 16.7. The van der Waals surface area contributed by atoms with E-state index >= 15 is 0 Å². The number of ether oxygens (including phenoxy) is 3. The minimum atomic E-state index is -1.23. The second-order valence-corrected chi connectivity index (χ2v) is 7.01. The maximum absolute atomic E-state index is 13.0. The molecule has 8 nitrogen and oxygen atoms in total. The first-order valence-electron chi connectivity index (χ1n) is 9.23. The summed E-state index contributed by atoms with van der Waals surface area (Å²) >= 11 is 0. The molecule has 2 heterocycles. The second-order valence-electron chi connectivity index (χ2n) is 7.01. The van der Waals surface area contributed by atoms with E-state index in [-0.39, 0.29) is 23.1 Å². The summed E-state index contributed by atoms with van der Waals surface area (Å²) in [6.07, 6.45) is -1.90. The van der Waals surface area contributed by atoms with Crippen LogP contribution in [0.2, 0.25) is 0 Å². The van der Waals surface area contributed by atoms with E-state index in [0.717, 1.165) is 4.90 Å². The van der Waals surface area contributed by atoms with Gasteiger partial charge in [-0.15, -0.1) is 0 Å². The van der Waals surface area contributed by atoms with E-state index < -0.39 is 42.2 Å². The average molecular weight is 389 g/mol. The molecule has 2 aliphatic heterocycles. The summed E-state index contributed by atoms with van der Waals surface area (Å²) in [6, 6.07) is 5.35. The Bertz CT molecular complexity index is 786. The Morgan fingerprint density at radius 3 is 2.04 bits per heavy atom. The monoisotopic (exact) mass is 389 g/mol. The summed E-state index contributed by atoms with van der Waals surface area (Å²) in [5.41, 5.74) is 0.502. The molecule has 5 atom stereocenters. The van der Waals surface area contributed by atoms with Crippen LogP contribution in [0.25, 0.3) is 0 Å². The number of nitrogens with zero attached hydrogens (tertiary/aromatic N) is 1. The van der Waals surface area contributed by atoms with E-state index in [0.29, 0.717) is 6.42 Å². The zero-order valence-corrected chi connectivity index (χ0v) is 16.2. The first-order chi connectivity index (χ1) is 13.3. The molecule has 0 saturated carbocycles. The highest BCUT2D eigenvalue weighted by Crippen LogP contribution is 2.37. The van der Waals surface area contributed by atoms with Gasteiger partial charge in [0.2, 0.25) is 6.29 Å². The number of carbonyl (C=O) groups excluding carboxylic acids is 4. The van der Waals surface area contributed by atoms with Crippen LogP contribution >= 0.6 is 0 Å². The molecule has 28 heavy (non-hydrogen) atoms. The van der Waals surface area contributed by atoms with Gasteiger partial charge in [-0.25, -0.2) is 0 Å². The van der Waals surface area contributed by atoms with Crippen molar-refractivity contribution in [3.05, 3.63) is 35.4 Å². The molecule has 0 radical (unpaired) electrons. The lowest BCUT2D eigenvalue weighted by Crippen LogP contribution is -2.63. The minimum absolute atomic E-state index is 0.251. The molecule has 2 aliphatic rings. The van der Waals surface area contributed by atoms with Crippen molar-refractivity contribution < 1.29 is 33.4 Å². The van der Waals surface area contributed by atoms with Crippen LogP contribution < -0.4 is 0 Å². The number of amides is 2. The predicted molar refractivity (Wildman–Crippen MR) is 96.2 cm³/mol. The molecule has 1 fully saturated rings. The van der Waals surface area contributed by atoms with Crippen molar-refractivity contribution in [3.8, 4) is 0 Å². The van der Waals surface area contributed by atoms with Crippen molar-refractivity contribution in [3.63, 3.8) is 0 Å². The maximum atomic E-state index is 13.0. The highest BCUT2D eigenvalue weighted by atomic mass is 16.7. The van der Waals surface area contributed by atoms with Crippen molar-refractivity contribution >= 4 is 23.8 Å². The van der Waals surface area contributed by atoms with Gasteiger partial charge < -0.3 is 14.2 Å². The van der Waals surface area contributed by atoms with Gasteiger partial charge in [0.1, 0.15) is 12.1 Å². The van der Waals surface area contributed by atoms with Crippen LogP contribution in [-0.4, -0.2) is 53.2 Å². The molecule has 8 heteroatoms. The van der Waals surface area contributed by atoms with E-state index in [9.17, 15) is 19.2 Å². The fraction of sp³-hybridized carbons (Fsp3) is 0.500. The quantitative estimate of drug-likeness (QED) is 0.573. The summed E-state index contributed by atoms with van der Waals surface area (Å²) in [5, 5.41) is 0. The fourth-order valence-electron chi connectivity index (χ4n) is 3.90. The smallest absolute Gasteiger partial charge is 0.305 e. The van der Waals surface area contributed by atoms with Gasteiger partial charge in [0.15, 0.2) is 0 Å². The molecule has 2 amide bonds. The highest BCUT2D eigenvalue weighted by Gasteiger charge is 2.54. The van der Waals surface area contributed by atoms with Gasteiger partial charge in [0.25, 0.3) is 11.8 Å². The van der Waals surface area contributed by atoms with Gasteiger partial charge in [-0.3, -0.25) is 24.1 Å². The van der Waals surface area contributed by atoms with Crippen LogP contribution in [0.1, 0.15) is 54.8 Å². The standard InChI is InChI=1S/C20H23NO7/c1-5-15-10(2)17(26-11(3)22)16(20(28-15)27-12(4)23)21-18(24)13-8-6-7-9-14(13)19(21)25/h6-10,15-17,20H,5H2,1-4H3/t10-,15-,16-,17-,20?/m1/s1. The summed E-state index contributed by atoms with van der Waals surface area (Å²) in [7, 11) is 0. The molecule has 1 unspecified atom stereocenters. The highest BCUT2D eigenvalue weighted by molar-refractivity contribution is 6.21. The molecule has 0 spiro atoms. The van der Waals surface area contributed by atoms with Gasteiger partial charge in [-0.1, -0.05) is 26.0 Å². The number of benzene rings is 1. The molecule has 0 aromatic heterocycles. The number of carbonyl (C=O) groups is 4. The predicted octanol–water partition coefficient (Wildman–Crippen LogP) is 1.92. The van der Waals surface area contributed by atoms with Gasteiger partial charge >= 0.3 is 11.9 Å². The van der Waals surface area contributed by atoms with E-state index in [4.69, 9.17) is 14.2 Å². The SMILES string of the molecule is CC[C@H]1OC(OC(C)=O)[C@H](N2C(=O)c3ccccc3C2=O)[C@H](OC(C)=O)[C@@H]1C. The Kier molecular flexibility index (Phi) is 5.51. The lowest BCUT2D eigenvalue weighted by molar-refractivity contribution is -0.255. The maximum Gasteiger partial charge on any atom is 0.305 e. The lowest BCUT2D eigenvalue weighted by Gasteiger charge is -2.46. The lowest BCUT2D eigenvalue weighted by atomic mass is 9.86. The van der Waals surface area contributed by atoms with E-state index in [1.165, 1.54) is 13.8 Å². The van der Waals surface area contributed by atoms with Crippen LogP contribution in [0.5, 0.6) is 0 Å². The number of esters is 2. The number of hydrogen-bond acceptors (Lipinski definition) is 7. The molecule has 0 aliphatic carbocycles. The molecule has 3 rings (SSSR count). The van der Waals surface area contributed by atoms with Crippen molar-refractivity contribution in [2.45, 2.75) is 58.7 Å². The largest absolute Gasteiger partial charge is 0.460 e. The summed E-state index contributed by atoms with van der Waals surface area (Å²) in [6.45, 7) is 6.17. The molecule has 1 aromatic carbocycles. The Morgan fingerprint density at radius 2 is 1.57 bits per heavy atom. The Balaban J connectivity index is 2.06. The molecule has 150 valence electrons. The third-order valence-electron chi connectivity index (χ3n) is 5.14. The molecule has 1 aromatic rings. The van der Waals surface area contributed by atoms with Crippen LogP contribution in [0.15, 0.2) is 24.3 Å². The third kappa shape index (κ3) is 3.40.